The van der Waals surface area contributed by atoms with Crippen LogP contribution < -0.4 is 4.89 Å². The topological polar surface area (TPSA) is 111 Å². The molecular weight excluding hydrogens is 737 g/mol. The van der Waals surface area contributed by atoms with Crippen LogP contribution in [0, 0.1) is 0 Å². The van der Waals surface area contributed by atoms with E-state index in [0.717, 1.165) is 51.4 Å². The number of unbranched alkanes of at least 4 members (excludes halogenated alkanes) is 28. The normalized spacial score (nSPS) is 13.6. The first-order valence-electron chi connectivity index (χ1n) is 23.9. The van der Waals surface area contributed by atoms with Crippen molar-refractivity contribution in [3.8, 4) is 0 Å². The third-order valence-corrected chi connectivity index (χ3v) is 11.5. The van der Waals surface area contributed by atoms with Gasteiger partial charge in [-0.2, -0.15) is 0 Å². The minimum Gasteiger partial charge on any atom is -0.756 e. The molecule has 0 aliphatic rings. The second kappa shape index (κ2) is 40.2. The molecule has 0 heterocycles. The predicted molar refractivity (Wildman–Crippen MR) is 236 cm³/mol. The molecule has 0 N–H and O–H groups in total. The number of quaternary nitrogens is 1. The van der Waals surface area contributed by atoms with Crippen molar-refractivity contribution < 1.29 is 42.1 Å². The fourth-order valence-corrected chi connectivity index (χ4v) is 7.50. The lowest BCUT2D eigenvalue weighted by Gasteiger charge is -2.28. The molecule has 0 fully saturated rings. The van der Waals surface area contributed by atoms with Gasteiger partial charge in [0, 0.05) is 12.8 Å². The van der Waals surface area contributed by atoms with Crippen LogP contribution in [0.15, 0.2) is 12.2 Å². The van der Waals surface area contributed by atoms with Gasteiger partial charge in [0.25, 0.3) is 7.82 Å². The number of phosphoric ester groups is 1. The third kappa shape index (κ3) is 44.1. The SMILES string of the molecule is CCCCCCCCC/C=C\CCCCCCCC(=O)OC(COC(=O)CCCCCCCCCCCCCCCCCCC)COP(=O)([O-])OCC[N+](C)(C)C. The van der Waals surface area contributed by atoms with Crippen molar-refractivity contribution in [3.63, 3.8) is 0 Å². The second-order valence-electron chi connectivity index (χ2n) is 17.5. The predicted octanol–water partition coefficient (Wildman–Crippen LogP) is 13.1. The van der Waals surface area contributed by atoms with Crippen LogP contribution in [-0.4, -0.2) is 70.0 Å². The van der Waals surface area contributed by atoms with Gasteiger partial charge in [0.1, 0.15) is 19.8 Å². The number of phosphoric acid groups is 1. The number of rotatable bonds is 44. The summed E-state index contributed by atoms with van der Waals surface area (Å²) in [6, 6.07) is 0. The molecule has 0 bridgehead atoms. The lowest BCUT2D eigenvalue weighted by atomic mass is 10.0. The van der Waals surface area contributed by atoms with Crippen molar-refractivity contribution in [2.24, 2.45) is 0 Å². The molecule has 0 radical (unpaired) electrons. The van der Waals surface area contributed by atoms with Crippen molar-refractivity contribution >= 4 is 19.8 Å². The fourth-order valence-electron chi connectivity index (χ4n) is 6.77. The van der Waals surface area contributed by atoms with E-state index >= 15 is 0 Å². The highest BCUT2D eigenvalue weighted by Gasteiger charge is 2.21. The summed E-state index contributed by atoms with van der Waals surface area (Å²) in [5.74, 6) is -0.832. The molecule has 0 aromatic heterocycles. The Morgan fingerprint density at radius 3 is 1.30 bits per heavy atom. The number of allylic oxidation sites excluding steroid dienone is 2. The van der Waals surface area contributed by atoms with Gasteiger partial charge in [-0.25, -0.2) is 0 Å². The van der Waals surface area contributed by atoms with Crippen molar-refractivity contribution in [2.45, 2.75) is 232 Å². The Labute approximate surface area is 352 Å². The van der Waals surface area contributed by atoms with E-state index in [0.29, 0.717) is 17.4 Å². The molecule has 0 saturated heterocycles. The zero-order valence-electron chi connectivity index (χ0n) is 38.1. The standard InChI is InChI=1S/C47H92NO8P/c1-6-8-10-12-14-16-18-20-22-24-26-27-29-31-33-35-37-39-46(49)53-43-45(44-55-57(51,52)54-42-41-48(3,4)5)56-47(50)40-38-36-34-32-30-28-25-23-21-19-17-15-13-11-9-7-2/h23,25,45H,6-22,24,26-44H2,1-5H3/b25-23-. The van der Waals surface area contributed by atoms with Crippen molar-refractivity contribution in [1.82, 2.24) is 0 Å². The fraction of sp³-hybridized carbons (Fsp3) is 0.915. The molecule has 0 aliphatic heterocycles. The van der Waals surface area contributed by atoms with Crippen LogP contribution in [0.25, 0.3) is 0 Å². The summed E-state index contributed by atoms with van der Waals surface area (Å²) in [6.07, 6.45) is 42.3. The van der Waals surface area contributed by atoms with Crippen molar-refractivity contribution in [1.29, 1.82) is 0 Å². The van der Waals surface area contributed by atoms with E-state index in [-0.39, 0.29) is 32.0 Å². The molecule has 57 heavy (non-hydrogen) atoms. The summed E-state index contributed by atoms with van der Waals surface area (Å²) < 4.78 is 34.0. The van der Waals surface area contributed by atoms with Gasteiger partial charge in [-0.05, 0) is 38.5 Å². The minimum atomic E-state index is -4.62. The van der Waals surface area contributed by atoms with Gasteiger partial charge in [-0.3, -0.25) is 14.2 Å². The third-order valence-electron chi connectivity index (χ3n) is 10.5. The smallest absolute Gasteiger partial charge is 0.306 e. The Hall–Kier alpha value is -1.25. The number of ether oxygens (including phenoxy) is 2. The first-order chi connectivity index (χ1) is 27.5. The van der Waals surface area contributed by atoms with E-state index in [4.69, 9.17) is 18.5 Å². The largest absolute Gasteiger partial charge is 0.756 e. The lowest BCUT2D eigenvalue weighted by Crippen LogP contribution is -2.37. The molecule has 0 aromatic carbocycles. The quantitative estimate of drug-likeness (QED) is 0.0196. The average Bonchev–Trinajstić information content (AvgIpc) is 3.16. The molecule has 2 atom stereocenters. The molecule has 2 unspecified atom stereocenters. The monoisotopic (exact) mass is 830 g/mol. The highest BCUT2D eigenvalue weighted by molar-refractivity contribution is 7.45. The molecule has 0 rings (SSSR count). The maximum absolute atomic E-state index is 12.7. The lowest BCUT2D eigenvalue weighted by molar-refractivity contribution is -0.870. The highest BCUT2D eigenvalue weighted by atomic mass is 31.2. The second-order valence-corrected chi connectivity index (χ2v) is 18.9. The minimum absolute atomic E-state index is 0.0291. The summed E-state index contributed by atoms with van der Waals surface area (Å²) in [5, 5.41) is 0. The number of carbonyl (C=O) groups excluding carboxylic acids is 2. The van der Waals surface area contributed by atoms with E-state index < -0.39 is 26.5 Å². The van der Waals surface area contributed by atoms with Gasteiger partial charge in [0.05, 0.1) is 27.7 Å². The van der Waals surface area contributed by atoms with E-state index in [9.17, 15) is 19.0 Å². The van der Waals surface area contributed by atoms with Crippen LogP contribution in [0.4, 0.5) is 0 Å². The number of esters is 2. The van der Waals surface area contributed by atoms with E-state index in [1.165, 1.54) is 141 Å². The molecule has 0 spiro atoms. The summed E-state index contributed by atoms with van der Waals surface area (Å²) in [5.41, 5.74) is 0. The maximum atomic E-state index is 12.7. The Bertz CT molecular complexity index is 985. The molecule has 338 valence electrons. The number of likely N-dealkylation sites (N-methyl/N-ethyl adjacent to an activating group) is 1. The van der Waals surface area contributed by atoms with Gasteiger partial charge in [0.15, 0.2) is 6.10 Å². The van der Waals surface area contributed by atoms with Crippen LogP contribution >= 0.6 is 7.82 Å². The number of carbonyl (C=O) groups is 2. The summed E-state index contributed by atoms with van der Waals surface area (Å²) in [6.45, 7) is 4.25. The number of hydrogen-bond acceptors (Lipinski definition) is 8. The molecule has 10 heteroatoms. The van der Waals surface area contributed by atoms with E-state index in [1.807, 2.05) is 21.1 Å². The molecule has 9 nitrogen and oxygen atoms in total. The first kappa shape index (κ1) is 55.8. The Morgan fingerprint density at radius 2 is 0.895 bits per heavy atom. The van der Waals surface area contributed by atoms with Crippen LogP contribution in [0.2, 0.25) is 0 Å². The number of hydrogen-bond donors (Lipinski definition) is 0. The highest BCUT2D eigenvalue weighted by Crippen LogP contribution is 2.38. The summed E-state index contributed by atoms with van der Waals surface area (Å²) in [4.78, 5) is 37.6. The molecule has 0 saturated carbocycles. The van der Waals surface area contributed by atoms with Crippen LogP contribution in [0.3, 0.4) is 0 Å². The van der Waals surface area contributed by atoms with Crippen LogP contribution in [0.1, 0.15) is 226 Å². The van der Waals surface area contributed by atoms with Crippen LogP contribution in [0.5, 0.6) is 0 Å². The maximum Gasteiger partial charge on any atom is 0.306 e. The Kier molecular flexibility index (Phi) is 39.3. The van der Waals surface area contributed by atoms with Gasteiger partial charge in [-0.1, -0.05) is 187 Å². The Balaban J connectivity index is 4.29. The van der Waals surface area contributed by atoms with Crippen molar-refractivity contribution in [3.05, 3.63) is 12.2 Å². The van der Waals surface area contributed by atoms with Crippen molar-refractivity contribution in [2.75, 3.05) is 47.5 Å². The first-order valence-corrected chi connectivity index (χ1v) is 25.4. The van der Waals surface area contributed by atoms with Crippen LogP contribution in [-0.2, 0) is 32.7 Å². The van der Waals surface area contributed by atoms with Gasteiger partial charge in [0.2, 0.25) is 0 Å². The molecule has 0 aromatic rings. The summed E-state index contributed by atoms with van der Waals surface area (Å²) >= 11 is 0. The number of nitrogens with zero attached hydrogens (tertiary/aromatic N) is 1. The average molecular weight is 830 g/mol. The van der Waals surface area contributed by atoms with Gasteiger partial charge >= 0.3 is 11.9 Å². The Morgan fingerprint density at radius 1 is 0.526 bits per heavy atom. The molecule has 0 amide bonds. The zero-order chi connectivity index (χ0) is 42.1. The molecule has 0 aliphatic carbocycles. The van der Waals surface area contributed by atoms with Gasteiger partial charge in [-0.15, -0.1) is 0 Å². The van der Waals surface area contributed by atoms with E-state index in [2.05, 4.69) is 26.0 Å². The van der Waals surface area contributed by atoms with Gasteiger partial charge < -0.3 is 27.9 Å². The summed E-state index contributed by atoms with van der Waals surface area (Å²) in [7, 11) is 1.17. The zero-order valence-corrected chi connectivity index (χ0v) is 38.9. The van der Waals surface area contributed by atoms with E-state index in [1.54, 1.807) is 0 Å². The molecular formula is C47H92NO8P.